The Morgan fingerprint density at radius 1 is 1.45 bits per heavy atom. The topological polar surface area (TPSA) is 35.2 Å². The van der Waals surface area contributed by atoms with Gasteiger partial charge in [0, 0.05) is 5.02 Å². The van der Waals surface area contributed by atoms with E-state index in [2.05, 4.69) is 4.84 Å². The second kappa shape index (κ2) is 3.72. The van der Waals surface area contributed by atoms with Crippen LogP contribution in [0.2, 0.25) is 5.02 Å². The number of rotatable bonds is 2. The lowest BCUT2D eigenvalue weighted by Crippen LogP contribution is -1.98. The monoisotopic (exact) mass is 171 g/mol. The first-order valence-electron chi connectivity index (χ1n) is 3.30. The minimum atomic E-state index is 0.404. The molecule has 0 saturated heterocycles. The van der Waals surface area contributed by atoms with Gasteiger partial charge in [0.1, 0.15) is 0 Å². The largest absolute Gasteiger partial charge is 0.300 e. The van der Waals surface area contributed by atoms with Crippen LogP contribution in [0.25, 0.3) is 0 Å². The maximum atomic E-state index is 5.79. The summed E-state index contributed by atoms with van der Waals surface area (Å²) in [6, 6.07) is 5.71. The van der Waals surface area contributed by atoms with Gasteiger partial charge in [0.05, 0.1) is 6.61 Å². The highest BCUT2D eigenvalue weighted by atomic mass is 35.5. The lowest BCUT2D eigenvalue weighted by molar-refractivity contribution is 0.124. The van der Waals surface area contributed by atoms with Crippen LogP contribution in [0, 0.1) is 6.92 Å². The molecule has 2 nitrogen and oxygen atoms in total. The van der Waals surface area contributed by atoms with Gasteiger partial charge in [0.2, 0.25) is 0 Å². The van der Waals surface area contributed by atoms with Gasteiger partial charge >= 0.3 is 0 Å². The molecule has 0 bridgehead atoms. The van der Waals surface area contributed by atoms with Gasteiger partial charge in [-0.3, -0.25) is 4.84 Å². The fraction of sp³-hybridized carbons (Fsp3) is 0.250. The van der Waals surface area contributed by atoms with Crippen molar-refractivity contribution in [2.45, 2.75) is 13.5 Å². The van der Waals surface area contributed by atoms with Crippen molar-refractivity contribution >= 4 is 11.6 Å². The van der Waals surface area contributed by atoms with Crippen molar-refractivity contribution < 1.29 is 4.84 Å². The molecule has 1 rings (SSSR count). The Kier molecular flexibility index (Phi) is 2.88. The van der Waals surface area contributed by atoms with E-state index < -0.39 is 0 Å². The average Bonchev–Trinajstić information content (AvgIpc) is 1.85. The second-order valence-corrected chi connectivity index (χ2v) is 2.88. The summed E-state index contributed by atoms with van der Waals surface area (Å²) in [6.45, 7) is 2.38. The van der Waals surface area contributed by atoms with Crippen molar-refractivity contribution in [3.05, 3.63) is 34.3 Å². The molecule has 0 radical (unpaired) electrons. The van der Waals surface area contributed by atoms with E-state index in [1.807, 2.05) is 25.1 Å². The van der Waals surface area contributed by atoms with Crippen molar-refractivity contribution in [1.29, 1.82) is 0 Å². The van der Waals surface area contributed by atoms with E-state index in [9.17, 15) is 0 Å². The summed E-state index contributed by atoms with van der Waals surface area (Å²) in [7, 11) is 0. The molecule has 11 heavy (non-hydrogen) atoms. The maximum absolute atomic E-state index is 5.79. The molecule has 0 aliphatic carbocycles. The molecule has 3 heteroatoms. The smallest absolute Gasteiger partial charge is 0.0930 e. The molecule has 0 aliphatic rings. The van der Waals surface area contributed by atoms with E-state index in [0.717, 1.165) is 16.1 Å². The molecular weight excluding hydrogens is 162 g/mol. The molecule has 1 aromatic rings. The summed E-state index contributed by atoms with van der Waals surface area (Å²) in [4.78, 5) is 4.48. The van der Waals surface area contributed by atoms with Crippen LogP contribution in [0.1, 0.15) is 11.1 Å². The third kappa shape index (κ3) is 2.50. The van der Waals surface area contributed by atoms with Crippen molar-refractivity contribution in [2.24, 2.45) is 5.90 Å². The zero-order valence-corrected chi connectivity index (χ0v) is 7.06. The molecule has 0 amide bonds. The Morgan fingerprint density at radius 3 is 2.73 bits per heavy atom. The van der Waals surface area contributed by atoms with Crippen LogP contribution in [0.15, 0.2) is 18.2 Å². The summed E-state index contributed by atoms with van der Waals surface area (Å²) in [5, 5.41) is 0.719. The van der Waals surface area contributed by atoms with Gasteiger partial charge < -0.3 is 0 Å². The van der Waals surface area contributed by atoms with Crippen LogP contribution in [0.3, 0.4) is 0 Å². The third-order valence-corrected chi connectivity index (χ3v) is 1.57. The van der Waals surface area contributed by atoms with E-state index in [-0.39, 0.29) is 0 Å². The summed E-state index contributed by atoms with van der Waals surface area (Å²) in [5.41, 5.74) is 2.11. The van der Waals surface area contributed by atoms with Gasteiger partial charge in [-0.25, -0.2) is 5.90 Å². The number of benzene rings is 1. The van der Waals surface area contributed by atoms with Crippen LogP contribution in [-0.4, -0.2) is 0 Å². The van der Waals surface area contributed by atoms with Crippen LogP contribution in [0.5, 0.6) is 0 Å². The van der Waals surface area contributed by atoms with Crippen molar-refractivity contribution in [3.8, 4) is 0 Å². The van der Waals surface area contributed by atoms with Gasteiger partial charge in [0.15, 0.2) is 0 Å². The van der Waals surface area contributed by atoms with Gasteiger partial charge in [0.25, 0.3) is 0 Å². The maximum Gasteiger partial charge on any atom is 0.0930 e. The molecule has 1 aromatic carbocycles. The first-order valence-corrected chi connectivity index (χ1v) is 3.68. The summed E-state index contributed by atoms with van der Waals surface area (Å²) in [5.74, 6) is 4.92. The molecule has 0 aromatic heterocycles. The summed E-state index contributed by atoms with van der Waals surface area (Å²) < 4.78 is 0. The molecule has 0 saturated carbocycles. The van der Waals surface area contributed by atoms with Crippen molar-refractivity contribution in [1.82, 2.24) is 0 Å². The normalized spacial score (nSPS) is 10.1. The van der Waals surface area contributed by atoms with Crippen LogP contribution >= 0.6 is 11.6 Å². The van der Waals surface area contributed by atoms with Gasteiger partial charge in [-0.15, -0.1) is 0 Å². The first kappa shape index (κ1) is 8.53. The highest BCUT2D eigenvalue weighted by Crippen LogP contribution is 2.14. The molecule has 0 heterocycles. The average molecular weight is 172 g/mol. The van der Waals surface area contributed by atoms with E-state index in [4.69, 9.17) is 17.5 Å². The lowest BCUT2D eigenvalue weighted by Gasteiger charge is -2.01. The molecule has 0 unspecified atom stereocenters. The van der Waals surface area contributed by atoms with Gasteiger partial charge in [-0.2, -0.15) is 0 Å². The number of nitrogens with two attached hydrogens (primary N) is 1. The molecule has 60 valence electrons. The van der Waals surface area contributed by atoms with Crippen molar-refractivity contribution in [3.63, 3.8) is 0 Å². The number of hydrogen-bond acceptors (Lipinski definition) is 2. The highest BCUT2D eigenvalue weighted by molar-refractivity contribution is 6.30. The van der Waals surface area contributed by atoms with Crippen LogP contribution in [-0.2, 0) is 11.4 Å². The minimum absolute atomic E-state index is 0.404. The molecule has 0 fully saturated rings. The van der Waals surface area contributed by atoms with Crippen LogP contribution in [0.4, 0.5) is 0 Å². The predicted octanol–water partition coefficient (Wildman–Crippen LogP) is 2.04. The quantitative estimate of drug-likeness (QED) is 0.692. The zero-order chi connectivity index (χ0) is 8.27. The Morgan fingerprint density at radius 2 is 2.18 bits per heavy atom. The summed E-state index contributed by atoms with van der Waals surface area (Å²) in [6.07, 6.45) is 0. The molecule has 0 aliphatic heterocycles. The predicted molar refractivity (Wildman–Crippen MR) is 45.2 cm³/mol. The number of hydrogen-bond donors (Lipinski definition) is 1. The second-order valence-electron chi connectivity index (χ2n) is 2.45. The van der Waals surface area contributed by atoms with Crippen LogP contribution < -0.4 is 5.90 Å². The number of halogens is 1. The third-order valence-electron chi connectivity index (χ3n) is 1.35. The number of aryl methyl sites for hydroxylation is 1. The fourth-order valence-electron chi connectivity index (χ4n) is 0.992. The Bertz CT molecular complexity index is 230. The SMILES string of the molecule is Cc1cc(Cl)cc(CON)c1. The van der Waals surface area contributed by atoms with Gasteiger partial charge in [-0.05, 0) is 30.2 Å². The van der Waals surface area contributed by atoms with E-state index in [1.165, 1.54) is 0 Å². The lowest BCUT2D eigenvalue weighted by atomic mass is 10.1. The Balaban J connectivity index is 2.89. The molecule has 0 spiro atoms. The Hall–Kier alpha value is -0.570. The minimum Gasteiger partial charge on any atom is -0.300 e. The molecule has 2 N–H and O–H groups in total. The van der Waals surface area contributed by atoms with Gasteiger partial charge in [-0.1, -0.05) is 17.7 Å². The zero-order valence-electron chi connectivity index (χ0n) is 6.30. The molecule has 0 atom stereocenters. The fourth-order valence-corrected chi connectivity index (χ4v) is 1.30. The first-order chi connectivity index (χ1) is 5.22. The summed E-state index contributed by atoms with van der Waals surface area (Å²) >= 11 is 5.79. The Labute approximate surface area is 70.9 Å². The van der Waals surface area contributed by atoms with E-state index >= 15 is 0 Å². The van der Waals surface area contributed by atoms with Crippen molar-refractivity contribution in [2.75, 3.05) is 0 Å². The standard InChI is InChI=1S/C8H10ClNO/c1-6-2-7(5-11-10)4-8(9)3-6/h2-4H,5,10H2,1H3. The molecular formula is C8H10ClNO. The van der Waals surface area contributed by atoms with E-state index in [1.54, 1.807) is 0 Å². The van der Waals surface area contributed by atoms with E-state index in [0.29, 0.717) is 6.61 Å². The highest BCUT2D eigenvalue weighted by Gasteiger charge is 1.95.